The molecule has 4 nitrogen and oxygen atoms in total. The van der Waals surface area contributed by atoms with Crippen molar-refractivity contribution < 1.29 is 4.79 Å². The van der Waals surface area contributed by atoms with Crippen LogP contribution in [0.5, 0.6) is 0 Å². The monoisotopic (exact) mass is 397 g/mol. The molecule has 1 heterocycles. The predicted molar refractivity (Wildman–Crippen MR) is 106 cm³/mol. The number of para-hydroxylation sites is 1. The molecule has 5 heteroatoms. The summed E-state index contributed by atoms with van der Waals surface area (Å²) in [4.78, 5) is 19.5. The molecule has 0 aliphatic carbocycles. The molecular formula is C20H20BrN3O. The number of benzene rings is 2. The highest BCUT2D eigenvalue weighted by molar-refractivity contribution is 9.10. The van der Waals surface area contributed by atoms with Gasteiger partial charge in [0.1, 0.15) is 0 Å². The largest absolute Gasteiger partial charge is 0.351 e. The summed E-state index contributed by atoms with van der Waals surface area (Å²) < 4.78 is 0.983. The zero-order valence-corrected chi connectivity index (χ0v) is 15.9. The van der Waals surface area contributed by atoms with Gasteiger partial charge in [-0.25, -0.2) is 4.98 Å². The van der Waals surface area contributed by atoms with Crippen molar-refractivity contribution in [3.8, 4) is 11.3 Å². The van der Waals surface area contributed by atoms with E-state index in [1.165, 1.54) is 0 Å². The van der Waals surface area contributed by atoms with Crippen LogP contribution in [0.4, 0.5) is 0 Å². The highest BCUT2D eigenvalue weighted by Crippen LogP contribution is 2.26. The molecule has 0 bridgehead atoms. The zero-order valence-electron chi connectivity index (χ0n) is 14.3. The molecule has 3 rings (SSSR count). The minimum absolute atomic E-state index is 0.0725. The van der Waals surface area contributed by atoms with E-state index in [0.29, 0.717) is 12.1 Å². The first-order valence-electron chi connectivity index (χ1n) is 8.13. The molecule has 1 aromatic heterocycles. The molecule has 0 saturated carbocycles. The molecule has 0 aliphatic rings. The van der Waals surface area contributed by atoms with Crippen LogP contribution >= 0.6 is 15.9 Å². The normalized spacial score (nSPS) is 11.0. The third-order valence-electron chi connectivity index (χ3n) is 3.93. The Balaban J connectivity index is 2.02. The Labute approximate surface area is 156 Å². The van der Waals surface area contributed by atoms with Crippen LogP contribution in [0.1, 0.15) is 10.4 Å². The Morgan fingerprint density at radius 3 is 2.68 bits per heavy atom. The van der Waals surface area contributed by atoms with Gasteiger partial charge >= 0.3 is 0 Å². The van der Waals surface area contributed by atoms with Crippen LogP contribution < -0.4 is 5.32 Å². The number of carbonyl (C=O) groups excluding carboxylic acids is 1. The first-order valence-corrected chi connectivity index (χ1v) is 8.92. The Morgan fingerprint density at radius 2 is 1.92 bits per heavy atom. The molecule has 3 aromatic rings. The highest BCUT2D eigenvalue weighted by atomic mass is 79.9. The van der Waals surface area contributed by atoms with Crippen molar-refractivity contribution in [2.75, 3.05) is 27.2 Å². The topological polar surface area (TPSA) is 45.2 Å². The van der Waals surface area contributed by atoms with Crippen molar-refractivity contribution in [3.63, 3.8) is 0 Å². The first-order chi connectivity index (χ1) is 12.0. The average Bonchev–Trinajstić information content (AvgIpc) is 2.60. The number of aromatic nitrogens is 1. The van der Waals surface area contributed by atoms with E-state index >= 15 is 0 Å². The fourth-order valence-electron chi connectivity index (χ4n) is 2.65. The SMILES string of the molecule is CN(C)CCNC(=O)c1cc(-c2cccc(Br)c2)nc2ccccc12. The fraction of sp³-hybridized carbons (Fsp3) is 0.200. The lowest BCUT2D eigenvalue weighted by molar-refractivity contribution is 0.0952. The summed E-state index contributed by atoms with van der Waals surface area (Å²) >= 11 is 3.49. The Bertz CT molecular complexity index is 908. The molecule has 0 unspecified atom stereocenters. The van der Waals surface area contributed by atoms with Crippen LogP contribution in [0.15, 0.2) is 59.1 Å². The van der Waals surface area contributed by atoms with Crippen molar-refractivity contribution >= 4 is 32.7 Å². The number of amides is 1. The third kappa shape index (κ3) is 4.24. The molecule has 128 valence electrons. The summed E-state index contributed by atoms with van der Waals surface area (Å²) in [6.07, 6.45) is 0. The standard InChI is InChI=1S/C20H20BrN3O/c1-24(2)11-10-22-20(25)17-13-19(14-6-5-7-15(21)12-14)23-18-9-4-3-8-16(17)18/h3-9,12-13H,10-11H2,1-2H3,(H,22,25). The molecule has 0 atom stereocenters. The fourth-order valence-corrected chi connectivity index (χ4v) is 3.05. The van der Waals surface area contributed by atoms with E-state index in [1.807, 2.05) is 73.6 Å². The summed E-state index contributed by atoms with van der Waals surface area (Å²) in [7, 11) is 3.97. The smallest absolute Gasteiger partial charge is 0.252 e. The summed E-state index contributed by atoms with van der Waals surface area (Å²) in [6, 6.07) is 17.6. The van der Waals surface area contributed by atoms with Gasteiger partial charge in [0, 0.05) is 28.5 Å². The van der Waals surface area contributed by atoms with Gasteiger partial charge in [0.05, 0.1) is 16.8 Å². The van der Waals surface area contributed by atoms with Crippen LogP contribution in [0.25, 0.3) is 22.2 Å². The molecule has 0 saturated heterocycles. The van der Waals surface area contributed by atoms with Gasteiger partial charge in [-0.1, -0.05) is 46.3 Å². The number of fused-ring (bicyclic) bond motifs is 1. The molecule has 1 amide bonds. The van der Waals surface area contributed by atoms with Crippen molar-refractivity contribution in [2.45, 2.75) is 0 Å². The zero-order chi connectivity index (χ0) is 17.8. The van der Waals surface area contributed by atoms with Gasteiger partial charge in [-0.05, 0) is 38.4 Å². The van der Waals surface area contributed by atoms with Gasteiger partial charge in [-0.2, -0.15) is 0 Å². The molecule has 2 aromatic carbocycles. The van der Waals surface area contributed by atoms with E-state index in [0.717, 1.165) is 33.2 Å². The number of pyridine rings is 1. The molecule has 0 fully saturated rings. The van der Waals surface area contributed by atoms with E-state index in [-0.39, 0.29) is 5.91 Å². The molecule has 0 radical (unpaired) electrons. The lowest BCUT2D eigenvalue weighted by atomic mass is 10.0. The summed E-state index contributed by atoms with van der Waals surface area (Å²) in [6.45, 7) is 1.40. The molecule has 25 heavy (non-hydrogen) atoms. The maximum Gasteiger partial charge on any atom is 0.252 e. The molecular weight excluding hydrogens is 378 g/mol. The molecule has 0 spiro atoms. The van der Waals surface area contributed by atoms with Crippen molar-refractivity contribution in [2.24, 2.45) is 0 Å². The van der Waals surface area contributed by atoms with Crippen molar-refractivity contribution in [3.05, 3.63) is 64.6 Å². The number of hydrogen-bond donors (Lipinski definition) is 1. The van der Waals surface area contributed by atoms with Gasteiger partial charge < -0.3 is 10.2 Å². The highest BCUT2D eigenvalue weighted by Gasteiger charge is 2.13. The van der Waals surface area contributed by atoms with Gasteiger partial charge in [-0.15, -0.1) is 0 Å². The van der Waals surface area contributed by atoms with Crippen LogP contribution in [0.2, 0.25) is 0 Å². The number of rotatable bonds is 5. The second-order valence-corrected chi connectivity index (χ2v) is 7.06. The van der Waals surface area contributed by atoms with Gasteiger partial charge in [0.2, 0.25) is 0 Å². The van der Waals surface area contributed by atoms with Crippen LogP contribution in [0.3, 0.4) is 0 Å². The lowest BCUT2D eigenvalue weighted by Crippen LogP contribution is -2.31. The summed E-state index contributed by atoms with van der Waals surface area (Å²) in [5, 5.41) is 3.86. The number of nitrogens with one attached hydrogen (secondary N) is 1. The van der Waals surface area contributed by atoms with Gasteiger partial charge in [-0.3, -0.25) is 4.79 Å². The quantitative estimate of drug-likeness (QED) is 0.708. The Morgan fingerprint density at radius 1 is 1.12 bits per heavy atom. The maximum absolute atomic E-state index is 12.7. The van der Waals surface area contributed by atoms with E-state index in [9.17, 15) is 4.79 Å². The van der Waals surface area contributed by atoms with Crippen LogP contribution in [-0.2, 0) is 0 Å². The second-order valence-electron chi connectivity index (χ2n) is 6.14. The Kier molecular flexibility index (Phi) is 5.46. The Hall–Kier alpha value is -2.24. The molecule has 1 N–H and O–H groups in total. The number of likely N-dealkylation sites (N-methyl/N-ethyl adjacent to an activating group) is 1. The van der Waals surface area contributed by atoms with Crippen LogP contribution in [-0.4, -0.2) is 43.0 Å². The summed E-state index contributed by atoms with van der Waals surface area (Å²) in [5.74, 6) is -0.0725. The third-order valence-corrected chi connectivity index (χ3v) is 4.42. The average molecular weight is 398 g/mol. The second kappa shape index (κ2) is 7.76. The van der Waals surface area contributed by atoms with E-state index in [2.05, 4.69) is 21.2 Å². The van der Waals surface area contributed by atoms with E-state index in [1.54, 1.807) is 0 Å². The van der Waals surface area contributed by atoms with E-state index < -0.39 is 0 Å². The lowest BCUT2D eigenvalue weighted by Gasteiger charge is -2.13. The number of nitrogens with zero attached hydrogens (tertiary/aromatic N) is 2. The van der Waals surface area contributed by atoms with Gasteiger partial charge in [0.25, 0.3) is 5.91 Å². The summed E-state index contributed by atoms with van der Waals surface area (Å²) in [5.41, 5.74) is 3.23. The number of halogens is 1. The maximum atomic E-state index is 12.7. The number of hydrogen-bond acceptors (Lipinski definition) is 3. The van der Waals surface area contributed by atoms with Crippen molar-refractivity contribution in [1.29, 1.82) is 0 Å². The minimum atomic E-state index is -0.0725. The molecule has 0 aliphatic heterocycles. The number of carbonyl (C=O) groups is 1. The predicted octanol–water partition coefficient (Wildman–Crippen LogP) is 3.96. The first kappa shape index (κ1) is 17.6. The van der Waals surface area contributed by atoms with Crippen molar-refractivity contribution in [1.82, 2.24) is 15.2 Å². The van der Waals surface area contributed by atoms with Crippen LogP contribution in [0, 0.1) is 0 Å². The van der Waals surface area contributed by atoms with E-state index in [4.69, 9.17) is 4.98 Å². The minimum Gasteiger partial charge on any atom is -0.351 e. The van der Waals surface area contributed by atoms with Gasteiger partial charge in [0.15, 0.2) is 0 Å².